The van der Waals surface area contributed by atoms with Crippen LogP contribution in [0.25, 0.3) is 11.3 Å². The van der Waals surface area contributed by atoms with E-state index in [0.717, 1.165) is 11.1 Å². The van der Waals surface area contributed by atoms with E-state index in [-0.39, 0.29) is 11.7 Å². The number of alkyl halides is 2. The first-order valence-electron chi connectivity index (χ1n) is 8.53. The second-order valence-electron chi connectivity index (χ2n) is 5.89. The molecule has 0 saturated carbocycles. The standard InChI is InChI=1S/C21H19F2NO3/c1-2-3-16-13-25-20(26-14-16)11-5-15-4-10-19(24-12-15)17-6-8-18(9-7-17)27-21(22)23/h2-4,6-10,12,16,20-21H,13-14H2,1H3/b3-2+/t16-,20-. The number of rotatable bonds is 4. The number of benzene rings is 1. The summed E-state index contributed by atoms with van der Waals surface area (Å²) < 4.78 is 39.8. The van der Waals surface area contributed by atoms with Crippen LogP contribution < -0.4 is 4.74 Å². The van der Waals surface area contributed by atoms with E-state index < -0.39 is 12.9 Å². The third-order valence-electron chi connectivity index (χ3n) is 3.86. The molecule has 1 saturated heterocycles. The molecular weight excluding hydrogens is 352 g/mol. The summed E-state index contributed by atoms with van der Waals surface area (Å²) in [4.78, 5) is 4.36. The maximum absolute atomic E-state index is 12.2. The predicted molar refractivity (Wildman–Crippen MR) is 97.2 cm³/mol. The molecule has 4 nitrogen and oxygen atoms in total. The first-order chi connectivity index (χ1) is 13.1. The summed E-state index contributed by atoms with van der Waals surface area (Å²) >= 11 is 0. The van der Waals surface area contributed by atoms with Gasteiger partial charge in [0.2, 0.25) is 6.29 Å². The highest BCUT2D eigenvalue weighted by Gasteiger charge is 2.18. The van der Waals surface area contributed by atoms with Crippen LogP contribution in [-0.2, 0) is 9.47 Å². The Morgan fingerprint density at radius 2 is 1.89 bits per heavy atom. The maximum atomic E-state index is 12.2. The lowest BCUT2D eigenvalue weighted by molar-refractivity contribution is -0.160. The van der Waals surface area contributed by atoms with Crippen molar-refractivity contribution in [2.45, 2.75) is 19.8 Å². The van der Waals surface area contributed by atoms with E-state index in [4.69, 9.17) is 9.47 Å². The largest absolute Gasteiger partial charge is 0.435 e. The van der Waals surface area contributed by atoms with E-state index in [1.54, 1.807) is 18.3 Å². The van der Waals surface area contributed by atoms with Crippen molar-refractivity contribution < 1.29 is 23.0 Å². The van der Waals surface area contributed by atoms with Gasteiger partial charge >= 0.3 is 6.61 Å². The lowest BCUT2D eigenvalue weighted by Crippen LogP contribution is -2.30. The number of nitrogens with zero attached hydrogens (tertiary/aromatic N) is 1. The van der Waals surface area contributed by atoms with Gasteiger partial charge in [-0.25, -0.2) is 0 Å². The summed E-state index contributed by atoms with van der Waals surface area (Å²) in [5.41, 5.74) is 2.24. The molecule has 140 valence electrons. The van der Waals surface area contributed by atoms with E-state index in [1.165, 1.54) is 12.1 Å². The van der Waals surface area contributed by atoms with Gasteiger partial charge in [-0.15, -0.1) is 0 Å². The Morgan fingerprint density at radius 1 is 1.15 bits per heavy atom. The summed E-state index contributed by atoms with van der Waals surface area (Å²) in [6.07, 6.45) is 5.15. The van der Waals surface area contributed by atoms with Crippen molar-refractivity contribution in [1.29, 1.82) is 0 Å². The van der Waals surface area contributed by atoms with Gasteiger partial charge in [0.15, 0.2) is 0 Å². The van der Waals surface area contributed by atoms with Crippen LogP contribution in [0.5, 0.6) is 5.75 Å². The number of hydrogen-bond acceptors (Lipinski definition) is 4. The number of ether oxygens (including phenoxy) is 3. The van der Waals surface area contributed by atoms with Crippen LogP contribution in [-0.4, -0.2) is 31.1 Å². The molecule has 0 bridgehead atoms. The molecule has 1 aliphatic heterocycles. The van der Waals surface area contributed by atoms with E-state index >= 15 is 0 Å². The summed E-state index contributed by atoms with van der Waals surface area (Å²) in [7, 11) is 0. The van der Waals surface area contributed by atoms with Crippen LogP contribution in [0.4, 0.5) is 8.78 Å². The molecule has 0 unspecified atom stereocenters. The molecule has 1 aromatic heterocycles. The highest BCUT2D eigenvalue weighted by Crippen LogP contribution is 2.22. The van der Waals surface area contributed by atoms with E-state index in [1.807, 2.05) is 25.1 Å². The Hall–Kier alpha value is -2.75. The van der Waals surface area contributed by atoms with E-state index in [0.29, 0.717) is 18.9 Å². The minimum Gasteiger partial charge on any atom is -0.435 e. The number of hydrogen-bond donors (Lipinski definition) is 0. The second kappa shape index (κ2) is 9.26. The monoisotopic (exact) mass is 371 g/mol. The van der Waals surface area contributed by atoms with Crippen molar-refractivity contribution in [1.82, 2.24) is 4.98 Å². The van der Waals surface area contributed by atoms with Crippen LogP contribution in [0, 0.1) is 17.8 Å². The van der Waals surface area contributed by atoms with E-state index in [2.05, 4.69) is 27.6 Å². The Morgan fingerprint density at radius 3 is 2.48 bits per heavy atom. The Balaban J connectivity index is 1.60. The molecule has 2 aromatic rings. The topological polar surface area (TPSA) is 40.6 Å². The minimum absolute atomic E-state index is 0.111. The van der Waals surface area contributed by atoms with Crippen LogP contribution in [0.15, 0.2) is 54.7 Å². The molecule has 0 radical (unpaired) electrons. The number of halogens is 2. The van der Waals surface area contributed by atoms with Crippen LogP contribution >= 0.6 is 0 Å². The van der Waals surface area contributed by atoms with Crippen molar-refractivity contribution in [3.8, 4) is 28.8 Å². The first-order valence-corrected chi connectivity index (χ1v) is 8.53. The summed E-state index contributed by atoms with van der Waals surface area (Å²) in [6, 6.07) is 9.97. The molecule has 0 atom stereocenters. The molecule has 1 fully saturated rings. The first kappa shape index (κ1) is 19.0. The molecule has 0 spiro atoms. The Bertz CT molecular complexity index is 815. The van der Waals surface area contributed by atoms with Crippen molar-refractivity contribution in [2.24, 2.45) is 5.92 Å². The smallest absolute Gasteiger partial charge is 0.387 e. The average Bonchev–Trinajstić information content (AvgIpc) is 2.68. The highest BCUT2D eigenvalue weighted by atomic mass is 19.3. The SMILES string of the molecule is C/C=C/[C@H]1CO[C@H](C#Cc2ccc(-c3ccc(OC(F)F)cc3)nc2)OC1. The molecule has 6 heteroatoms. The summed E-state index contributed by atoms with van der Waals surface area (Å²) in [6.45, 7) is 0.310. The third-order valence-corrected chi connectivity index (χ3v) is 3.86. The lowest BCUT2D eigenvalue weighted by Gasteiger charge is -2.24. The third kappa shape index (κ3) is 5.61. The fraction of sp³-hybridized carbons (Fsp3) is 0.286. The van der Waals surface area contributed by atoms with Gasteiger partial charge < -0.3 is 14.2 Å². The molecule has 0 amide bonds. The van der Waals surface area contributed by atoms with Crippen LogP contribution in [0.3, 0.4) is 0 Å². The van der Waals surface area contributed by atoms with Crippen molar-refractivity contribution in [3.63, 3.8) is 0 Å². The zero-order valence-electron chi connectivity index (χ0n) is 14.8. The molecule has 3 rings (SSSR count). The van der Waals surface area contributed by atoms with Crippen molar-refractivity contribution in [2.75, 3.05) is 13.2 Å². The molecule has 27 heavy (non-hydrogen) atoms. The van der Waals surface area contributed by atoms with Crippen molar-refractivity contribution in [3.05, 3.63) is 60.3 Å². The zero-order chi connectivity index (χ0) is 19.1. The number of pyridine rings is 1. The molecule has 1 aliphatic rings. The quantitative estimate of drug-likeness (QED) is 0.595. The van der Waals surface area contributed by atoms with Gasteiger partial charge in [-0.05, 0) is 49.2 Å². The fourth-order valence-electron chi connectivity index (χ4n) is 2.57. The van der Waals surface area contributed by atoms with Gasteiger partial charge in [0.1, 0.15) is 5.75 Å². The van der Waals surface area contributed by atoms with Gasteiger partial charge in [0, 0.05) is 23.2 Å². The van der Waals surface area contributed by atoms with Crippen LogP contribution in [0.2, 0.25) is 0 Å². The maximum Gasteiger partial charge on any atom is 0.387 e. The van der Waals surface area contributed by atoms with Crippen LogP contribution in [0.1, 0.15) is 12.5 Å². The molecule has 2 heterocycles. The summed E-state index contributed by atoms with van der Waals surface area (Å²) in [5.74, 6) is 6.31. The molecule has 0 aliphatic carbocycles. The average molecular weight is 371 g/mol. The van der Waals surface area contributed by atoms with Gasteiger partial charge in [0.25, 0.3) is 0 Å². The molecule has 0 N–H and O–H groups in total. The van der Waals surface area contributed by atoms with E-state index in [9.17, 15) is 8.78 Å². The van der Waals surface area contributed by atoms with Gasteiger partial charge in [-0.2, -0.15) is 8.78 Å². The lowest BCUT2D eigenvalue weighted by atomic mass is 10.1. The summed E-state index contributed by atoms with van der Waals surface area (Å²) in [5, 5.41) is 0. The fourth-order valence-corrected chi connectivity index (χ4v) is 2.57. The second-order valence-corrected chi connectivity index (χ2v) is 5.89. The van der Waals surface area contributed by atoms with Crippen molar-refractivity contribution >= 4 is 0 Å². The predicted octanol–water partition coefficient (Wildman–Crippen LogP) is 4.27. The van der Waals surface area contributed by atoms with Gasteiger partial charge in [-0.1, -0.05) is 18.1 Å². The van der Waals surface area contributed by atoms with Gasteiger partial charge in [-0.3, -0.25) is 4.98 Å². The molecule has 1 aromatic carbocycles. The molecular formula is C21H19F2NO3. The number of aromatic nitrogens is 1. The normalized spacial score (nSPS) is 19.7. The zero-order valence-corrected chi connectivity index (χ0v) is 14.8. The Kier molecular flexibility index (Phi) is 6.53. The Labute approximate surface area is 156 Å². The van der Waals surface area contributed by atoms with Gasteiger partial charge in [0.05, 0.1) is 18.9 Å². The minimum atomic E-state index is -2.84. The highest BCUT2D eigenvalue weighted by molar-refractivity contribution is 5.60. The number of allylic oxidation sites excluding steroid dienone is 1.